The topological polar surface area (TPSA) is 148 Å². The molecule has 0 spiro atoms. The van der Waals surface area contributed by atoms with Gasteiger partial charge in [-0.15, -0.1) is 0 Å². The number of anilines is 2. The highest BCUT2D eigenvalue weighted by atomic mass is 31.2. The van der Waals surface area contributed by atoms with Gasteiger partial charge in [-0.25, -0.2) is 10.1 Å². The van der Waals surface area contributed by atoms with E-state index in [-0.39, 0.29) is 42.2 Å². The van der Waals surface area contributed by atoms with E-state index in [0.29, 0.717) is 35.9 Å². The maximum absolute atomic E-state index is 12.9. The van der Waals surface area contributed by atoms with Crippen molar-refractivity contribution in [3.8, 4) is 5.75 Å². The summed E-state index contributed by atoms with van der Waals surface area (Å²) in [5, 5.41) is 8.65. The first kappa shape index (κ1) is 39.8. The highest BCUT2D eigenvalue weighted by molar-refractivity contribution is 7.45. The summed E-state index contributed by atoms with van der Waals surface area (Å²) in [7, 11) is -1.77. The van der Waals surface area contributed by atoms with Crippen molar-refractivity contribution in [3.63, 3.8) is 0 Å². The Balaban J connectivity index is 0.00000266. The molecule has 0 radical (unpaired) electrons. The molecule has 1 aliphatic heterocycles. The number of esters is 1. The molecule has 1 saturated heterocycles. The zero-order valence-corrected chi connectivity index (χ0v) is 33.0. The van der Waals surface area contributed by atoms with Crippen LogP contribution in [0.3, 0.4) is 0 Å². The van der Waals surface area contributed by atoms with E-state index in [1.165, 1.54) is 5.56 Å². The summed E-state index contributed by atoms with van der Waals surface area (Å²) < 4.78 is 27.1. The quantitative estimate of drug-likeness (QED) is 0.0745. The summed E-state index contributed by atoms with van der Waals surface area (Å²) in [6.45, 7) is 17.1. The van der Waals surface area contributed by atoms with Crippen LogP contribution in [-0.2, 0) is 25.2 Å². The smallest absolute Gasteiger partial charge is 0.323 e. The molecule has 53 heavy (non-hydrogen) atoms. The number of carbonyl (C=O) groups is 1. The lowest BCUT2D eigenvalue weighted by molar-refractivity contribution is -0.148. The third-order valence-electron chi connectivity index (χ3n) is 8.60. The van der Waals surface area contributed by atoms with Gasteiger partial charge in [0.25, 0.3) is 0 Å². The van der Waals surface area contributed by atoms with Gasteiger partial charge in [0.1, 0.15) is 23.8 Å². The van der Waals surface area contributed by atoms with Crippen molar-refractivity contribution in [1.29, 1.82) is 0 Å². The van der Waals surface area contributed by atoms with Gasteiger partial charge in [-0.2, -0.15) is 9.97 Å². The normalized spacial score (nSPS) is 18.3. The number of nitrogens with one attached hydrogen (secondary N) is 2. The van der Waals surface area contributed by atoms with Gasteiger partial charge in [-0.3, -0.25) is 9.36 Å². The standard InChI is InChI=1S/C38H48N7O5P.C2H6/c1-24-21-29(49-35(24)45-26(3)41-32-33(42-37(39)43-34(32)45)40-20-19-27-13-8-7-9-14-27)22-48-51(44-25(2)36(46)47-23-38(4,5)6)50-31-18-12-16-28-15-10-11-17-30(28)31;1-2/h7-18,24-25,29,35,44H,19-23H2,1-6H3,(H3,39,40,42,43);1-2H3. The Morgan fingerprint density at radius 1 is 1.04 bits per heavy atom. The van der Waals surface area contributed by atoms with Crippen LogP contribution in [0.5, 0.6) is 5.75 Å². The maximum Gasteiger partial charge on any atom is 0.323 e. The van der Waals surface area contributed by atoms with Crippen molar-refractivity contribution in [2.24, 2.45) is 11.3 Å². The Kier molecular flexibility index (Phi) is 13.6. The predicted molar refractivity (Wildman–Crippen MR) is 213 cm³/mol. The van der Waals surface area contributed by atoms with E-state index in [2.05, 4.69) is 39.4 Å². The summed E-state index contributed by atoms with van der Waals surface area (Å²) in [4.78, 5) is 26.9. The summed E-state index contributed by atoms with van der Waals surface area (Å²) in [6, 6.07) is 23.5. The van der Waals surface area contributed by atoms with E-state index < -0.39 is 14.6 Å². The number of aryl methyl sites for hydroxylation is 1. The average Bonchev–Trinajstić information content (AvgIpc) is 3.67. The van der Waals surface area contributed by atoms with Crippen molar-refractivity contribution >= 4 is 48.2 Å². The number of aromatic nitrogens is 4. The molecule has 0 saturated carbocycles. The van der Waals surface area contributed by atoms with Crippen molar-refractivity contribution in [1.82, 2.24) is 24.6 Å². The van der Waals surface area contributed by atoms with E-state index in [1.807, 2.05) is 107 Å². The number of hydrogen-bond donors (Lipinski definition) is 3. The second-order valence-corrected chi connectivity index (χ2v) is 15.5. The number of rotatable bonds is 14. The van der Waals surface area contributed by atoms with Crippen LogP contribution in [0.15, 0.2) is 72.8 Å². The van der Waals surface area contributed by atoms with Gasteiger partial charge in [0.05, 0.1) is 19.3 Å². The Labute approximate surface area is 314 Å². The summed E-state index contributed by atoms with van der Waals surface area (Å²) in [6.07, 6.45) is 0.956. The molecule has 3 heterocycles. The molecule has 1 fully saturated rings. The maximum atomic E-state index is 12.9. The number of benzene rings is 3. The third kappa shape index (κ3) is 10.4. The second-order valence-electron chi connectivity index (χ2n) is 14.3. The molecule has 0 bridgehead atoms. The van der Waals surface area contributed by atoms with E-state index >= 15 is 0 Å². The first-order valence-electron chi connectivity index (χ1n) is 18.4. The van der Waals surface area contributed by atoms with Crippen molar-refractivity contribution in [2.75, 3.05) is 30.8 Å². The first-order valence-corrected chi connectivity index (χ1v) is 19.6. The lowest BCUT2D eigenvalue weighted by atomic mass is 9.99. The molecule has 6 rings (SSSR count). The molecule has 13 heteroatoms. The van der Waals surface area contributed by atoms with Crippen LogP contribution in [0.25, 0.3) is 21.9 Å². The molecule has 0 amide bonds. The van der Waals surface area contributed by atoms with E-state index in [1.54, 1.807) is 6.92 Å². The number of nitrogens with two attached hydrogens (primary N) is 1. The highest BCUT2D eigenvalue weighted by Crippen LogP contribution is 2.42. The molecule has 4 N–H and O–H groups in total. The zero-order chi connectivity index (χ0) is 38.1. The number of hydrogen-bond acceptors (Lipinski definition) is 11. The minimum atomic E-state index is -1.77. The number of nitrogens with zero attached hydrogens (tertiary/aromatic N) is 4. The number of nitrogen functional groups attached to an aromatic ring is 1. The van der Waals surface area contributed by atoms with Crippen molar-refractivity contribution < 1.29 is 23.3 Å². The third-order valence-corrected chi connectivity index (χ3v) is 9.94. The molecule has 5 unspecified atom stereocenters. The van der Waals surface area contributed by atoms with Gasteiger partial charge >= 0.3 is 14.5 Å². The Morgan fingerprint density at radius 3 is 2.51 bits per heavy atom. The Morgan fingerprint density at radius 2 is 1.75 bits per heavy atom. The van der Waals surface area contributed by atoms with Crippen LogP contribution in [0.2, 0.25) is 0 Å². The van der Waals surface area contributed by atoms with E-state index in [4.69, 9.17) is 29.2 Å². The molecule has 5 aromatic rings. The van der Waals surface area contributed by atoms with Gasteiger partial charge in [-0.1, -0.05) is 108 Å². The van der Waals surface area contributed by atoms with Crippen LogP contribution < -0.4 is 20.7 Å². The van der Waals surface area contributed by atoms with E-state index in [9.17, 15) is 4.79 Å². The number of fused-ring (bicyclic) bond motifs is 2. The van der Waals surface area contributed by atoms with Crippen LogP contribution in [-0.4, -0.2) is 57.4 Å². The lowest BCUT2D eigenvalue weighted by Crippen LogP contribution is -2.35. The van der Waals surface area contributed by atoms with Crippen LogP contribution in [0.1, 0.15) is 72.5 Å². The lowest BCUT2D eigenvalue weighted by Gasteiger charge is -2.25. The molecule has 5 atom stereocenters. The predicted octanol–water partition coefficient (Wildman–Crippen LogP) is 8.36. The van der Waals surface area contributed by atoms with E-state index in [0.717, 1.165) is 29.4 Å². The summed E-state index contributed by atoms with van der Waals surface area (Å²) in [5.41, 5.74) is 8.55. The highest BCUT2D eigenvalue weighted by Gasteiger charge is 2.37. The second kappa shape index (κ2) is 18.1. The van der Waals surface area contributed by atoms with Gasteiger partial charge in [0, 0.05) is 17.8 Å². The fraction of sp³-hybridized carbons (Fsp3) is 0.450. The monoisotopic (exact) mass is 743 g/mol. The number of carbonyl (C=O) groups excluding carboxylic acids is 1. The molecular formula is C40H54N7O5P. The van der Waals surface area contributed by atoms with Gasteiger partial charge < -0.3 is 29.6 Å². The minimum Gasteiger partial charge on any atom is -0.464 e. The van der Waals surface area contributed by atoms with Crippen LogP contribution >= 0.6 is 8.53 Å². The van der Waals surface area contributed by atoms with Crippen LogP contribution in [0, 0.1) is 18.3 Å². The Bertz CT molecular complexity index is 1950. The Hall–Kier alpha value is -4.35. The van der Waals surface area contributed by atoms with Gasteiger partial charge in [0.15, 0.2) is 17.0 Å². The molecule has 2 aromatic heterocycles. The average molecular weight is 744 g/mol. The van der Waals surface area contributed by atoms with Crippen molar-refractivity contribution in [2.45, 2.75) is 86.6 Å². The molecule has 284 valence electrons. The minimum absolute atomic E-state index is 0.116. The molecular weight excluding hydrogens is 689 g/mol. The fourth-order valence-corrected chi connectivity index (χ4v) is 7.31. The fourth-order valence-electron chi connectivity index (χ4n) is 6.07. The molecule has 1 aliphatic rings. The zero-order valence-electron chi connectivity index (χ0n) is 32.1. The van der Waals surface area contributed by atoms with Gasteiger partial charge in [-0.05, 0) is 49.1 Å². The summed E-state index contributed by atoms with van der Waals surface area (Å²) in [5.74, 6) is 1.91. The molecule has 0 aliphatic carbocycles. The molecule has 3 aromatic carbocycles. The van der Waals surface area contributed by atoms with Gasteiger partial charge in [0.2, 0.25) is 5.95 Å². The molecule has 12 nitrogen and oxygen atoms in total. The van der Waals surface area contributed by atoms with Crippen LogP contribution in [0.4, 0.5) is 11.8 Å². The number of ether oxygens (including phenoxy) is 2. The summed E-state index contributed by atoms with van der Waals surface area (Å²) >= 11 is 0. The van der Waals surface area contributed by atoms with Crippen molar-refractivity contribution in [3.05, 3.63) is 84.2 Å². The SMILES string of the molecule is CC.Cc1nc2c(NCCc3ccccc3)nc(N)nc2n1C1OC(COP(NC(C)C(=O)OCC(C)(C)C)Oc2cccc3ccccc23)CC1C. The first-order chi connectivity index (χ1) is 25.4. The largest absolute Gasteiger partial charge is 0.464 e. The number of imidazole rings is 1.